The summed E-state index contributed by atoms with van der Waals surface area (Å²) < 4.78 is 10.4. The summed E-state index contributed by atoms with van der Waals surface area (Å²) >= 11 is 6.03. The van der Waals surface area contributed by atoms with Gasteiger partial charge in [-0.3, -0.25) is 4.79 Å². The molecule has 5 nitrogen and oxygen atoms in total. The average Bonchev–Trinajstić information content (AvgIpc) is 3.14. The number of fused-ring (bicyclic) bond motifs is 1. The minimum Gasteiger partial charge on any atom is -0.454 e. The number of carbonyl (C=O) groups excluding carboxylic acids is 1. The lowest BCUT2D eigenvalue weighted by molar-refractivity contribution is 0.0950. The van der Waals surface area contributed by atoms with Crippen LogP contribution < -0.4 is 20.5 Å². The number of rotatable bonds is 4. The molecule has 1 heterocycles. The van der Waals surface area contributed by atoms with Gasteiger partial charge in [0.1, 0.15) is 0 Å². The van der Waals surface area contributed by atoms with Crippen LogP contribution in [0.1, 0.15) is 23.2 Å². The van der Waals surface area contributed by atoms with Gasteiger partial charge in [0.2, 0.25) is 6.79 Å². The van der Waals surface area contributed by atoms with Crippen molar-refractivity contribution in [3.63, 3.8) is 0 Å². The predicted molar refractivity (Wildman–Crippen MR) is 77.9 cm³/mol. The summed E-state index contributed by atoms with van der Waals surface area (Å²) in [6, 6.07) is 3.24. The zero-order valence-electron chi connectivity index (χ0n) is 10.7. The fourth-order valence-corrected chi connectivity index (χ4v) is 2.37. The van der Waals surface area contributed by atoms with Crippen molar-refractivity contribution in [2.45, 2.75) is 18.9 Å². The molecule has 1 atom stereocenters. The summed E-state index contributed by atoms with van der Waals surface area (Å²) in [5.74, 6) is 1.36. The molecule has 0 radical (unpaired) electrons. The van der Waals surface area contributed by atoms with Crippen molar-refractivity contribution >= 4 is 29.9 Å². The molecule has 1 amide bonds. The SMILES string of the molecule is Cl.NC(CNC(=O)c1cc(Cl)c2c(c1)OCO2)C1CC1. The maximum absolute atomic E-state index is 12.0. The number of nitrogens with one attached hydrogen (secondary N) is 1. The highest BCUT2D eigenvalue weighted by atomic mass is 35.5. The van der Waals surface area contributed by atoms with E-state index < -0.39 is 0 Å². The molecule has 2 aliphatic rings. The highest BCUT2D eigenvalue weighted by Crippen LogP contribution is 2.39. The summed E-state index contributed by atoms with van der Waals surface area (Å²) in [6.45, 7) is 0.613. The minimum absolute atomic E-state index is 0. The number of nitrogens with two attached hydrogens (primary N) is 1. The molecule has 0 saturated heterocycles. The standard InChI is InChI=1S/C13H15ClN2O3.ClH/c14-9-3-8(4-11-12(9)19-6-18-11)13(17)16-5-10(15)7-1-2-7;/h3-4,7,10H,1-2,5-6,15H2,(H,16,17);1H. The molecule has 1 saturated carbocycles. The molecule has 1 fully saturated rings. The third-order valence-corrected chi connectivity index (χ3v) is 3.70. The normalized spacial score (nSPS) is 17.3. The van der Waals surface area contributed by atoms with Gasteiger partial charge in [-0.2, -0.15) is 0 Å². The molecule has 1 unspecified atom stereocenters. The van der Waals surface area contributed by atoms with Gasteiger partial charge >= 0.3 is 0 Å². The van der Waals surface area contributed by atoms with E-state index in [1.807, 2.05) is 0 Å². The number of amides is 1. The van der Waals surface area contributed by atoms with E-state index in [1.54, 1.807) is 12.1 Å². The first kappa shape index (κ1) is 15.2. The smallest absolute Gasteiger partial charge is 0.251 e. The second kappa shape index (κ2) is 6.08. The van der Waals surface area contributed by atoms with E-state index in [4.69, 9.17) is 26.8 Å². The molecule has 3 N–H and O–H groups in total. The van der Waals surface area contributed by atoms with Crippen molar-refractivity contribution in [2.75, 3.05) is 13.3 Å². The quantitative estimate of drug-likeness (QED) is 0.890. The van der Waals surface area contributed by atoms with Gasteiger partial charge in [-0.15, -0.1) is 12.4 Å². The minimum atomic E-state index is -0.198. The van der Waals surface area contributed by atoms with Crippen LogP contribution in [0.4, 0.5) is 0 Å². The molecule has 3 rings (SSSR count). The van der Waals surface area contributed by atoms with Crippen molar-refractivity contribution < 1.29 is 14.3 Å². The van der Waals surface area contributed by atoms with Gasteiger partial charge < -0.3 is 20.5 Å². The number of ether oxygens (including phenoxy) is 2. The van der Waals surface area contributed by atoms with Crippen molar-refractivity contribution in [1.82, 2.24) is 5.32 Å². The first-order valence-electron chi connectivity index (χ1n) is 6.28. The summed E-state index contributed by atoms with van der Waals surface area (Å²) in [4.78, 5) is 12.0. The molecule has 1 aliphatic heterocycles. The van der Waals surface area contributed by atoms with Gasteiger partial charge in [-0.25, -0.2) is 0 Å². The number of benzene rings is 1. The third kappa shape index (κ3) is 3.11. The van der Waals surface area contributed by atoms with Crippen LogP contribution in [0.25, 0.3) is 0 Å². The van der Waals surface area contributed by atoms with E-state index in [0.717, 1.165) is 12.8 Å². The first-order valence-corrected chi connectivity index (χ1v) is 6.66. The molecule has 0 aromatic heterocycles. The Hall–Kier alpha value is -1.17. The second-order valence-electron chi connectivity index (χ2n) is 4.90. The van der Waals surface area contributed by atoms with Crippen LogP contribution in [0.3, 0.4) is 0 Å². The van der Waals surface area contributed by atoms with Gasteiger partial charge in [-0.1, -0.05) is 11.6 Å². The summed E-state index contributed by atoms with van der Waals surface area (Å²) in [7, 11) is 0. The zero-order chi connectivity index (χ0) is 13.4. The van der Waals surface area contributed by atoms with Crippen LogP contribution in [0, 0.1) is 5.92 Å². The van der Waals surface area contributed by atoms with Crippen LogP contribution in [0.15, 0.2) is 12.1 Å². The Morgan fingerprint density at radius 2 is 2.20 bits per heavy atom. The Balaban J connectivity index is 0.00000147. The van der Waals surface area contributed by atoms with Gasteiger partial charge in [0.15, 0.2) is 11.5 Å². The highest BCUT2D eigenvalue weighted by Gasteiger charge is 2.28. The first-order chi connectivity index (χ1) is 9.15. The Kier molecular flexibility index (Phi) is 4.62. The second-order valence-corrected chi connectivity index (χ2v) is 5.31. The summed E-state index contributed by atoms with van der Waals surface area (Å²) in [6.07, 6.45) is 2.32. The third-order valence-electron chi connectivity index (χ3n) is 3.42. The number of halogens is 2. The molecular formula is C13H16Cl2N2O3. The lowest BCUT2D eigenvalue weighted by Gasteiger charge is -2.12. The van der Waals surface area contributed by atoms with Crippen molar-refractivity contribution in [3.05, 3.63) is 22.7 Å². The van der Waals surface area contributed by atoms with E-state index in [-0.39, 0.29) is 31.1 Å². The monoisotopic (exact) mass is 318 g/mol. The molecule has 110 valence electrons. The van der Waals surface area contributed by atoms with Crippen LogP contribution in [-0.4, -0.2) is 25.3 Å². The molecule has 0 bridgehead atoms. The number of hydrogen-bond donors (Lipinski definition) is 2. The van der Waals surface area contributed by atoms with E-state index >= 15 is 0 Å². The largest absolute Gasteiger partial charge is 0.454 e. The molecule has 0 spiro atoms. The Morgan fingerprint density at radius 3 is 2.90 bits per heavy atom. The van der Waals surface area contributed by atoms with Gasteiger partial charge in [-0.05, 0) is 30.9 Å². The lowest BCUT2D eigenvalue weighted by Crippen LogP contribution is -2.38. The molecule has 1 aromatic rings. The van der Waals surface area contributed by atoms with E-state index in [9.17, 15) is 4.79 Å². The average molecular weight is 319 g/mol. The number of carbonyl (C=O) groups is 1. The zero-order valence-corrected chi connectivity index (χ0v) is 12.3. The molecular weight excluding hydrogens is 303 g/mol. The van der Waals surface area contributed by atoms with E-state index in [2.05, 4.69) is 5.32 Å². The van der Waals surface area contributed by atoms with Crippen molar-refractivity contribution in [3.8, 4) is 11.5 Å². The molecule has 7 heteroatoms. The maximum Gasteiger partial charge on any atom is 0.251 e. The maximum atomic E-state index is 12.0. The van der Waals surface area contributed by atoms with E-state index in [1.165, 1.54) is 0 Å². The highest BCUT2D eigenvalue weighted by molar-refractivity contribution is 6.32. The molecule has 1 aromatic carbocycles. The van der Waals surface area contributed by atoms with Crippen molar-refractivity contribution in [1.29, 1.82) is 0 Å². The van der Waals surface area contributed by atoms with Gasteiger partial charge in [0.25, 0.3) is 5.91 Å². The fraction of sp³-hybridized carbons (Fsp3) is 0.462. The van der Waals surface area contributed by atoms with Crippen LogP contribution >= 0.6 is 24.0 Å². The Bertz CT molecular complexity index is 521. The van der Waals surface area contributed by atoms with Gasteiger partial charge in [0, 0.05) is 18.2 Å². The topological polar surface area (TPSA) is 73.6 Å². The van der Waals surface area contributed by atoms with Crippen LogP contribution in [0.2, 0.25) is 5.02 Å². The predicted octanol–water partition coefficient (Wildman–Crippen LogP) is 1.96. The Labute approximate surface area is 128 Å². The summed E-state index contributed by atoms with van der Waals surface area (Å²) in [5, 5.41) is 3.20. The fourth-order valence-electron chi connectivity index (χ4n) is 2.10. The lowest BCUT2D eigenvalue weighted by atomic mass is 10.1. The van der Waals surface area contributed by atoms with Crippen molar-refractivity contribution in [2.24, 2.45) is 11.7 Å². The Morgan fingerprint density at radius 1 is 1.45 bits per heavy atom. The molecule has 1 aliphatic carbocycles. The summed E-state index contributed by atoms with van der Waals surface area (Å²) in [5.41, 5.74) is 6.40. The van der Waals surface area contributed by atoms with Crippen LogP contribution in [-0.2, 0) is 0 Å². The number of hydrogen-bond acceptors (Lipinski definition) is 4. The molecule has 20 heavy (non-hydrogen) atoms. The van der Waals surface area contributed by atoms with Gasteiger partial charge in [0.05, 0.1) is 5.02 Å². The van der Waals surface area contributed by atoms with E-state index in [0.29, 0.717) is 34.5 Å². The van der Waals surface area contributed by atoms with Crippen LogP contribution in [0.5, 0.6) is 11.5 Å².